The smallest absolute Gasteiger partial charge is 0.261 e. The Morgan fingerprint density at radius 1 is 1.53 bits per heavy atom. The maximum Gasteiger partial charge on any atom is 0.261 e. The van der Waals surface area contributed by atoms with E-state index in [1.165, 1.54) is 0 Å². The number of hydrogen-bond donors (Lipinski definition) is 2. The van der Waals surface area contributed by atoms with Crippen LogP contribution < -0.4 is 10.9 Å². The van der Waals surface area contributed by atoms with E-state index in [1.54, 1.807) is 6.07 Å². The first-order valence-corrected chi connectivity index (χ1v) is 6.80. The fraction of sp³-hybridized carbons (Fsp3) is 0.500. The van der Waals surface area contributed by atoms with E-state index in [-0.39, 0.29) is 23.1 Å². The summed E-state index contributed by atoms with van der Waals surface area (Å²) < 4.78 is 0.916. The largest absolute Gasteiger partial charge is 0.349 e. The van der Waals surface area contributed by atoms with Gasteiger partial charge in [-0.25, -0.2) is 0 Å². The molecule has 4 nitrogen and oxygen atoms in total. The first-order valence-electron chi connectivity index (χ1n) is 5.72. The standard InChI is InChI=1S/C12H17IN2O2/c1-4-7(3)14-11(16)8-6-9(13)10(5-2)15-12(8)17/h6-7H,4-5H2,1-3H3,(H,14,16)(H,15,17)/t7-/m1/s1. The summed E-state index contributed by atoms with van der Waals surface area (Å²) in [6.45, 7) is 5.86. The topological polar surface area (TPSA) is 62.0 Å². The number of aromatic nitrogens is 1. The van der Waals surface area contributed by atoms with Crippen molar-refractivity contribution < 1.29 is 4.79 Å². The summed E-state index contributed by atoms with van der Waals surface area (Å²) in [6, 6.07) is 1.72. The van der Waals surface area contributed by atoms with Gasteiger partial charge in [0.2, 0.25) is 0 Å². The van der Waals surface area contributed by atoms with E-state index in [0.717, 1.165) is 22.1 Å². The third-order valence-corrected chi connectivity index (χ3v) is 3.62. The quantitative estimate of drug-likeness (QED) is 0.819. The number of rotatable bonds is 4. The summed E-state index contributed by atoms with van der Waals surface area (Å²) in [4.78, 5) is 26.3. The van der Waals surface area contributed by atoms with E-state index in [2.05, 4.69) is 32.9 Å². The van der Waals surface area contributed by atoms with E-state index in [1.807, 2.05) is 20.8 Å². The van der Waals surface area contributed by atoms with Crippen molar-refractivity contribution in [3.63, 3.8) is 0 Å². The number of carbonyl (C=O) groups is 1. The van der Waals surface area contributed by atoms with Crippen LogP contribution in [0.15, 0.2) is 10.9 Å². The molecule has 1 atom stereocenters. The van der Waals surface area contributed by atoms with Gasteiger partial charge in [-0.15, -0.1) is 0 Å². The van der Waals surface area contributed by atoms with Crippen LogP contribution in [0.3, 0.4) is 0 Å². The molecule has 94 valence electrons. The van der Waals surface area contributed by atoms with Crippen molar-refractivity contribution in [2.45, 2.75) is 39.7 Å². The van der Waals surface area contributed by atoms with Gasteiger partial charge in [0.1, 0.15) is 5.56 Å². The highest BCUT2D eigenvalue weighted by atomic mass is 127. The third kappa shape index (κ3) is 3.55. The molecule has 0 radical (unpaired) electrons. The molecule has 2 N–H and O–H groups in total. The van der Waals surface area contributed by atoms with E-state index in [4.69, 9.17) is 0 Å². The molecule has 0 aliphatic heterocycles. The second-order valence-electron chi connectivity index (χ2n) is 3.97. The van der Waals surface area contributed by atoms with Crippen LogP contribution in [0.4, 0.5) is 0 Å². The van der Waals surface area contributed by atoms with Crippen molar-refractivity contribution in [2.24, 2.45) is 0 Å². The Labute approximate surface area is 114 Å². The third-order valence-electron chi connectivity index (χ3n) is 2.66. The summed E-state index contributed by atoms with van der Waals surface area (Å²) >= 11 is 2.13. The fourth-order valence-corrected chi connectivity index (χ4v) is 2.20. The van der Waals surface area contributed by atoms with Crippen LogP contribution in [-0.4, -0.2) is 16.9 Å². The van der Waals surface area contributed by atoms with Gasteiger partial charge in [0.15, 0.2) is 0 Å². The summed E-state index contributed by atoms with van der Waals surface area (Å²) in [5.41, 5.74) is 0.741. The number of halogens is 1. The molecule has 0 aromatic carbocycles. The molecule has 0 bridgehead atoms. The number of aryl methyl sites for hydroxylation is 1. The molecule has 0 fully saturated rings. The van der Waals surface area contributed by atoms with Gasteiger partial charge in [0, 0.05) is 15.3 Å². The molecule has 1 rings (SSSR count). The SMILES string of the molecule is CCc1[nH]c(=O)c(C(=O)N[C@H](C)CC)cc1I. The number of nitrogens with one attached hydrogen (secondary N) is 2. The van der Waals surface area contributed by atoms with Crippen molar-refractivity contribution in [1.82, 2.24) is 10.3 Å². The van der Waals surface area contributed by atoms with Gasteiger partial charge in [-0.2, -0.15) is 0 Å². The molecule has 1 aromatic rings. The van der Waals surface area contributed by atoms with Gasteiger partial charge in [0.05, 0.1) is 0 Å². The number of hydrogen-bond acceptors (Lipinski definition) is 2. The van der Waals surface area contributed by atoms with Crippen LogP contribution in [0, 0.1) is 3.57 Å². The van der Waals surface area contributed by atoms with Crippen LogP contribution in [-0.2, 0) is 6.42 Å². The highest BCUT2D eigenvalue weighted by Gasteiger charge is 2.14. The normalized spacial score (nSPS) is 12.2. The van der Waals surface area contributed by atoms with Crippen LogP contribution >= 0.6 is 22.6 Å². The second kappa shape index (κ2) is 6.18. The van der Waals surface area contributed by atoms with E-state index < -0.39 is 0 Å². The lowest BCUT2D eigenvalue weighted by atomic mass is 10.2. The van der Waals surface area contributed by atoms with Crippen molar-refractivity contribution >= 4 is 28.5 Å². The number of amides is 1. The zero-order valence-electron chi connectivity index (χ0n) is 10.3. The van der Waals surface area contributed by atoms with Crippen LogP contribution in [0.25, 0.3) is 0 Å². The molecule has 17 heavy (non-hydrogen) atoms. The molecule has 1 aromatic heterocycles. The average molecular weight is 348 g/mol. The molecule has 0 saturated carbocycles. The Kier molecular flexibility index (Phi) is 5.17. The average Bonchev–Trinajstić information content (AvgIpc) is 2.31. The molecule has 1 amide bonds. The Balaban J connectivity index is 3.03. The monoisotopic (exact) mass is 348 g/mol. The van der Waals surface area contributed by atoms with Crippen molar-refractivity contribution in [3.8, 4) is 0 Å². The molecular weight excluding hydrogens is 331 g/mol. The molecule has 0 unspecified atom stereocenters. The molecule has 1 heterocycles. The zero-order valence-corrected chi connectivity index (χ0v) is 12.4. The van der Waals surface area contributed by atoms with Crippen LogP contribution in [0.1, 0.15) is 43.2 Å². The highest BCUT2D eigenvalue weighted by molar-refractivity contribution is 14.1. The summed E-state index contributed by atoms with van der Waals surface area (Å²) in [6.07, 6.45) is 1.59. The van der Waals surface area contributed by atoms with Crippen molar-refractivity contribution in [3.05, 3.63) is 31.2 Å². The minimum absolute atomic E-state index is 0.0745. The van der Waals surface area contributed by atoms with Gasteiger partial charge < -0.3 is 10.3 Å². The predicted octanol–water partition coefficient (Wildman–Crippen LogP) is 2.07. The number of pyridine rings is 1. The number of carbonyl (C=O) groups excluding carboxylic acids is 1. The number of aromatic amines is 1. The van der Waals surface area contributed by atoms with Gasteiger partial charge in [-0.05, 0) is 48.4 Å². The maximum atomic E-state index is 11.9. The minimum atomic E-state index is -0.317. The lowest BCUT2D eigenvalue weighted by Crippen LogP contribution is -2.35. The maximum absolute atomic E-state index is 11.9. The summed E-state index contributed by atoms with van der Waals surface area (Å²) in [7, 11) is 0. The summed E-state index contributed by atoms with van der Waals surface area (Å²) in [5.74, 6) is -0.304. The Morgan fingerprint density at radius 2 is 2.18 bits per heavy atom. The molecule has 0 saturated heterocycles. The van der Waals surface area contributed by atoms with Crippen molar-refractivity contribution in [2.75, 3.05) is 0 Å². The zero-order chi connectivity index (χ0) is 13.0. The highest BCUT2D eigenvalue weighted by Crippen LogP contribution is 2.10. The van der Waals surface area contributed by atoms with Gasteiger partial charge >= 0.3 is 0 Å². The minimum Gasteiger partial charge on any atom is -0.349 e. The molecule has 5 heteroatoms. The van der Waals surface area contributed by atoms with Crippen LogP contribution in [0.5, 0.6) is 0 Å². The van der Waals surface area contributed by atoms with E-state index in [0.29, 0.717) is 0 Å². The van der Waals surface area contributed by atoms with Gasteiger partial charge in [-0.3, -0.25) is 9.59 Å². The van der Waals surface area contributed by atoms with E-state index >= 15 is 0 Å². The van der Waals surface area contributed by atoms with Crippen molar-refractivity contribution in [1.29, 1.82) is 0 Å². The molecular formula is C12H17IN2O2. The molecule has 0 aliphatic carbocycles. The first kappa shape index (κ1) is 14.2. The molecule has 0 spiro atoms. The lowest BCUT2D eigenvalue weighted by Gasteiger charge is -2.11. The lowest BCUT2D eigenvalue weighted by molar-refractivity contribution is 0.0937. The first-order chi connectivity index (χ1) is 7.99. The second-order valence-corrected chi connectivity index (χ2v) is 5.14. The molecule has 0 aliphatic rings. The van der Waals surface area contributed by atoms with Crippen LogP contribution in [0.2, 0.25) is 0 Å². The number of H-pyrrole nitrogens is 1. The predicted molar refractivity (Wildman–Crippen MR) is 76.4 cm³/mol. The Morgan fingerprint density at radius 3 is 2.71 bits per heavy atom. The summed E-state index contributed by atoms with van der Waals surface area (Å²) in [5, 5.41) is 2.79. The van der Waals surface area contributed by atoms with Gasteiger partial charge in [0.25, 0.3) is 11.5 Å². The fourth-order valence-electron chi connectivity index (χ4n) is 1.37. The Hall–Kier alpha value is -0.850. The van der Waals surface area contributed by atoms with E-state index in [9.17, 15) is 9.59 Å². The van der Waals surface area contributed by atoms with Gasteiger partial charge in [-0.1, -0.05) is 13.8 Å². The Bertz CT molecular complexity index is 468.